The molecule has 0 radical (unpaired) electrons. The second-order valence-electron chi connectivity index (χ2n) is 3.44. The van der Waals surface area contributed by atoms with Gasteiger partial charge in [-0.1, -0.05) is 0 Å². The lowest BCUT2D eigenvalue weighted by Crippen LogP contribution is -2.13. The predicted octanol–water partition coefficient (Wildman–Crippen LogP) is 2.43. The molecule has 0 aromatic heterocycles. The fourth-order valence-electron chi connectivity index (χ4n) is 1.44. The Morgan fingerprint density at radius 2 is 2.00 bits per heavy atom. The van der Waals surface area contributed by atoms with Gasteiger partial charge in [0.2, 0.25) is 0 Å². The first-order valence-electron chi connectivity index (χ1n) is 4.95. The van der Waals surface area contributed by atoms with Crippen LogP contribution in [-0.2, 0) is 9.53 Å². The van der Waals surface area contributed by atoms with E-state index in [9.17, 15) is 4.79 Å². The van der Waals surface area contributed by atoms with Gasteiger partial charge in [-0.3, -0.25) is 0 Å². The van der Waals surface area contributed by atoms with Crippen molar-refractivity contribution < 1.29 is 14.3 Å². The van der Waals surface area contributed by atoms with Crippen LogP contribution in [0.15, 0.2) is 17.0 Å². The Labute approximate surface area is 105 Å². The van der Waals surface area contributed by atoms with Gasteiger partial charge in [0.15, 0.2) is 6.61 Å². The van der Waals surface area contributed by atoms with Crippen LogP contribution in [0.5, 0.6) is 5.75 Å². The Morgan fingerprint density at radius 3 is 2.47 bits per heavy atom. The van der Waals surface area contributed by atoms with Crippen LogP contribution in [0, 0.1) is 24.5 Å². The zero-order valence-corrected chi connectivity index (χ0v) is 10.8. The van der Waals surface area contributed by atoms with Gasteiger partial charge in [0.25, 0.3) is 0 Å². The quantitative estimate of drug-likeness (QED) is 0.467. The Balaban J connectivity index is 2.87. The van der Waals surface area contributed by atoms with Crippen LogP contribution in [0.3, 0.4) is 0 Å². The second-order valence-corrected chi connectivity index (χ2v) is 4.30. The zero-order chi connectivity index (χ0) is 12.8. The van der Waals surface area contributed by atoms with E-state index in [0.717, 1.165) is 27.8 Å². The predicted molar refractivity (Wildman–Crippen MR) is 64.9 cm³/mol. The van der Waals surface area contributed by atoms with Crippen LogP contribution in [-0.4, -0.2) is 19.7 Å². The van der Waals surface area contributed by atoms with Crippen molar-refractivity contribution in [3.63, 3.8) is 0 Å². The molecule has 0 bridgehead atoms. The number of benzene rings is 1. The minimum Gasteiger partial charge on any atom is -0.481 e. The number of ether oxygens (including phenoxy) is 2. The van der Waals surface area contributed by atoms with Gasteiger partial charge in [0.05, 0.1) is 7.11 Å². The summed E-state index contributed by atoms with van der Waals surface area (Å²) < 4.78 is 9.89. The molecule has 0 aliphatic rings. The van der Waals surface area contributed by atoms with E-state index in [1.807, 2.05) is 31.4 Å². The average Bonchev–Trinajstić information content (AvgIpc) is 2.28. The number of methoxy groups -OCH3 is 1. The number of hydrogen-bond acceptors (Lipinski definition) is 5. The van der Waals surface area contributed by atoms with Crippen molar-refractivity contribution in [2.45, 2.75) is 18.7 Å². The Morgan fingerprint density at radius 1 is 1.41 bits per heavy atom. The maximum absolute atomic E-state index is 11.0. The summed E-state index contributed by atoms with van der Waals surface area (Å²) in [5.41, 5.74) is 1.79. The Bertz CT molecular complexity index is 442. The summed E-state index contributed by atoms with van der Waals surface area (Å²) in [5, 5.41) is 10.6. The highest BCUT2D eigenvalue weighted by atomic mass is 32.2. The number of nitrogens with zero attached hydrogens (tertiary/aromatic N) is 1. The number of thioether (sulfide) groups is 1. The Hall–Kier alpha value is -1.67. The molecule has 0 N–H and O–H groups in total. The molecule has 5 heteroatoms. The number of rotatable bonds is 4. The van der Waals surface area contributed by atoms with E-state index in [4.69, 9.17) is 10.00 Å². The zero-order valence-electron chi connectivity index (χ0n) is 9.94. The molecule has 0 heterocycles. The molecule has 1 aromatic rings. The van der Waals surface area contributed by atoms with E-state index in [-0.39, 0.29) is 6.61 Å². The molecule has 0 aliphatic heterocycles. The summed E-state index contributed by atoms with van der Waals surface area (Å²) in [6, 6.07) is 3.71. The van der Waals surface area contributed by atoms with Crippen LogP contribution in [0.25, 0.3) is 0 Å². The van der Waals surface area contributed by atoms with Gasteiger partial charge < -0.3 is 9.47 Å². The molecule has 17 heavy (non-hydrogen) atoms. The summed E-state index contributed by atoms with van der Waals surface area (Å²) in [4.78, 5) is 11.9. The molecule has 0 atom stereocenters. The number of thiocyanates is 1. The van der Waals surface area contributed by atoms with Gasteiger partial charge in [-0.2, -0.15) is 5.26 Å². The van der Waals surface area contributed by atoms with Crippen LogP contribution in [0.1, 0.15) is 11.1 Å². The molecule has 0 amide bonds. The lowest BCUT2D eigenvalue weighted by molar-refractivity contribution is -0.142. The minimum absolute atomic E-state index is 0.108. The lowest BCUT2D eigenvalue weighted by Gasteiger charge is -2.12. The fourth-order valence-corrected chi connectivity index (χ4v) is 2.02. The number of aryl methyl sites for hydroxylation is 2. The molecule has 0 saturated carbocycles. The van der Waals surface area contributed by atoms with Gasteiger partial charge in [-0.15, -0.1) is 0 Å². The Kier molecular flexibility index (Phi) is 4.85. The molecule has 1 rings (SSSR count). The molecule has 0 spiro atoms. The van der Waals surface area contributed by atoms with Gasteiger partial charge in [-0.05, 0) is 48.9 Å². The highest BCUT2D eigenvalue weighted by molar-refractivity contribution is 8.03. The molecule has 0 saturated heterocycles. The first kappa shape index (κ1) is 13.4. The van der Waals surface area contributed by atoms with Crippen LogP contribution in [0.2, 0.25) is 0 Å². The summed E-state index contributed by atoms with van der Waals surface area (Å²) in [7, 11) is 1.32. The highest BCUT2D eigenvalue weighted by Gasteiger charge is 2.09. The number of carbonyl (C=O) groups is 1. The molecule has 1 aromatic carbocycles. The number of nitriles is 1. The number of hydrogen-bond donors (Lipinski definition) is 0. The molecule has 90 valence electrons. The lowest BCUT2D eigenvalue weighted by atomic mass is 10.1. The van der Waals surface area contributed by atoms with Crippen molar-refractivity contribution in [2.24, 2.45) is 0 Å². The first-order valence-corrected chi connectivity index (χ1v) is 5.77. The summed E-state index contributed by atoms with van der Waals surface area (Å²) >= 11 is 1.10. The van der Waals surface area contributed by atoms with E-state index in [1.54, 1.807) is 0 Å². The normalized spacial score (nSPS) is 9.53. The van der Waals surface area contributed by atoms with Crippen molar-refractivity contribution in [1.29, 1.82) is 5.26 Å². The molecule has 0 fully saturated rings. The third kappa shape index (κ3) is 3.68. The summed E-state index contributed by atoms with van der Waals surface area (Å²) in [5.74, 6) is 0.247. The minimum atomic E-state index is -0.417. The van der Waals surface area contributed by atoms with Crippen molar-refractivity contribution >= 4 is 17.7 Å². The molecular weight excluding hydrogens is 238 g/mol. The van der Waals surface area contributed by atoms with Gasteiger partial charge in [-0.25, -0.2) is 4.79 Å². The van der Waals surface area contributed by atoms with Crippen LogP contribution >= 0.6 is 11.8 Å². The monoisotopic (exact) mass is 251 g/mol. The molecule has 0 aliphatic carbocycles. The number of carbonyl (C=O) groups excluding carboxylic acids is 1. The highest BCUT2D eigenvalue weighted by Crippen LogP contribution is 2.29. The fraction of sp³-hybridized carbons (Fsp3) is 0.333. The average molecular weight is 251 g/mol. The third-order valence-corrected chi connectivity index (χ3v) is 2.72. The van der Waals surface area contributed by atoms with Gasteiger partial charge in [0.1, 0.15) is 11.2 Å². The maximum Gasteiger partial charge on any atom is 0.343 e. The van der Waals surface area contributed by atoms with Crippen LogP contribution < -0.4 is 4.74 Å². The topological polar surface area (TPSA) is 59.3 Å². The van der Waals surface area contributed by atoms with Crippen molar-refractivity contribution in [3.8, 4) is 11.2 Å². The first-order chi connectivity index (χ1) is 8.08. The SMILES string of the molecule is COC(=O)COc1c(C)cc(SC#N)cc1C. The van der Waals surface area contributed by atoms with Crippen molar-refractivity contribution in [3.05, 3.63) is 23.3 Å². The molecule has 4 nitrogen and oxygen atoms in total. The molecular formula is C12H13NO3S. The van der Waals surface area contributed by atoms with Gasteiger partial charge in [0, 0.05) is 4.90 Å². The van der Waals surface area contributed by atoms with E-state index in [2.05, 4.69) is 4.74 Å². The van der Waals surface area contributed by atoms with Crippen LogP contribution in [0.4, 0.5) is 0 Å². The van der Waals surface area contributed by atoms with E-state index in [1.165, 1.54) is 7.11 Å². The number of esters is 1. The standard InChI is InChI=1S/C12H13NO3S/c1-8-4-10(17-7-13)5-9(2)12(8)16-6-11(14)15-3/h4-5H,6H2,1-3H3. The molecule has 0 unspecified atom stereocenters. The van der Waals surface area contributed by atoms with Crippen molar-refractivity contribution in [1.82, 2.24) is 0 Å². The van der Waals surface area contributed by atoms with Gasteiger partial charge >= 0.3 is 5.97 Å². The summed E-state index contributed by atoms with van der Waals surface area (Å²) in [6.07, 6.45) is 0. The third-order valence-electron chi connectivity index (χ3n) is 2.16. The van der Waals surface area contributed by atoms with E-state index >= 15 is 0 Å². The summed E-state index contributed by atoms with van der Waals surface area (Å²) in [6.45, 7) is 3.64. The van der Waals surface area contributed by atoms with E-state index in [0.29, 0.717) is 5.75 Å². The van der Waals surface area contributed by atoms with Crippen molar-refractivity contribution in [2.75, 3.05) is 13.7 Å². The maximum atomic E-state index is 11.0. The smallest absolute Gasteiger partial charge is 0.343 e. The largest absolute Gasteiger partial charge is 0.481 e. The second kappa shape index (κ2) is 6.16. The van der Waals surface area contributed by atoms with E-state index < -0.39 is 5.97 Å².